The van der Waals surface area contributed by atoms with Crippen molar-refractivity contribution < 1.29 is 24.6 Å². The number of aliphatic hydroxyl groups excluding tert-OH is 1. The van der Waals surface area contributed by atoms with Gasteiger partial charge in [-0.1, -0.05) is 103 Å². The Labute approximate surface area is 141 Å². The second kappa shape index (κ2) is 21.9. The SMILES string of the molecule is CCCCCCCCCCCCCCCCCCO.[Zn]. The smallest absolute Gasteiger partial charge is 0.0431 e. The molecule has 0 aliphatic heterocycles. The van der Waals surface area contributed by atoms with E-state index in [2.05, 4.69) is 6.92 Å². The maximum atomic E-state index is 8.67. The summed E-state index contributed by atoms with van der Waals surface area (Å²) < 4.78 is 0. The number of aliphatic hydroxyl groups is 1. The number of unbranched alkanes of at least 4 members (excludes halogenated alkanes) is 15. The van der Waals surface area contributed by atoms with Gasteiger partial charge in [-0.15, -0.1) is 0 Å². The molecule has 0 bridgehead atoms. The zero-order valence-electron chi connectivity index (χ0n) is 14.2. The van der Waals surface area contributed by atoms with Crippen LogP contribution in [0.4, 0.5) is 0 Å². The molecule has 118 valence electrons. The number of rotatable bonds is 16. The average Bonchev–Trinajstić information content (AvgIpc) is 2.43. The van der Waals surface area contributed by atoms with Crippen LogP contribution in [0.1, 0.15) is 110 Å². The maximum absolute atomic E-state index is 8.67. The second-order valence-corrected chi connectivity index (χ2v) is 6.03. The van der Waals surface area contributed by atoms with Crippen molar-refractivity contribution in [1.29, 1.82) is 0 Å². The van der Waals surface area contributed by atoms with Gasteiger partial charge < -0.3 is 5.11 Å². The van der Waals surface area contributed by atoms with Crippen LogP contribution in [0.25, 0.3) is 0 Å². The molecule has 1 nitrogen and oxygen atoms in total. The van der Waals surface area contributed by atoms with Crippen LogP contribution in [-0.4, -0.2) is 11.7 Å². The summed E-state index contributed by atoms with van der Waals surface area (Å²) in [5, 5.41) is 8.67. The number of hydrogen-bond acceptors (Lipinski definition) is 1. The zero-order valence-corrected chi connectivity index (χ0v) is 17.1. The van der Waals surface area contributed by atoms with E-state index in [9.17, 15) is 0 Å². The largest absolute Gasteiger partial charge is 0.396 e. The Balaban J connectivity index is 0. The van der Waals surface area contributed by atoms with Gasteiger partial charge in [-0.05, 0) is 6.42 Å². The Morgan fingerprint density at radius 1 is 0.450 bits per heavy atom. The number of hydrogen-bond donors (Lipinski definition) is 1. The van der Waals surface area contributed by atoms with Crippen molar-refractivity contribution in [2.24, 2.45) is 0 Å². The molecule has 1 N–H and O–H groups in total. The van der Waals surface area contributed by atoms with E-state index in [0.717, 1.165) is 6.42 Å². The standard InChI is InChI=1S/C18H38O.Zn/c1-2-3-4-5-6-7-8-9-10-11-12-13-14-15-16-17-18-19;/h19H,2-18H2,1H3;. The molecule has 0 aromatic heterocycles. The van der Waals surface area contributed by atoms with E-state index in [-0.39, 0.29) is 19.5 Å². The summed E-state index contributed by atoms with van der Waals surface area (Å²) >= 11 is 0. The Bertz CT molecular complexity index is 134. The van der Waals surface area contributed by atoms with Gasteiger partial charge in [0, 0.05) is 26.1 Å². The van der Waals surface area contributed by atoms with Gasteiger partial charge in [0.05, 0.1) is 0 Å². The third-order valence-electron chi connectivity index (χ3n) is 4.01. The molecule has 0 heterocycles. The Morgan fingerprint density at radius 3 is 0.950 bits per heavy atom. The molecule has 0 saturated carbocycles. The van der Waals surface area contributed by atoms with E-state index in [4.69, 9.17) is 5.11 Å². The van der Waals surface area contributed by atoms with Crippen LogP contribution in [-0.2, 0) is 19.5 Å². The van der Waals surface area contributed by atoms with E-state index >= 15 is 0 Å². The third-order valence-corrected chi connectivity index (χ3v) is 4.01. The quantitative estimate of drug-likeness (QED) is 0.261. The Kier molecular flexibility index (Phi) is 25.0. The van der Waals surface area contributed by atoms with E-state index < -0.39 is 0 Å². The molecule has 0 atom stereocenters. The molecule has 0 aromatic rings. The average molecular weight is 336 g/mol. The van der Waals surface area contributed by atoms with Gasteiger partial charge in [-0.25, -0.2) is 0 Å². The van der Waals surface area contributed by atoms with Gasteiger partial charge in [-0.3, -0.25) is 0 Å². The molecule has 2 heteroatoms. The third kappa shape index (κ3) is 20.9. The van der Waals surface area contributed by atoms with Crippen molar-refractivity contribution in [3.8, 4) is 0 Å². The summed E-state index contributed by atoms with van der Waals surface area (Å²) in [6.45, 7) is 2.66. The minimum Gasteiger partial charge on any atom is -0.396 e. The molecule has 0 spiro atoms. The molecule has 0 rings (SSSR count). The molecule has 0 saturated heterocycles. The first-order chi connectivity index (χ1) is 9.41. The first-order valence-corrected chi connectivity index (χ1v) is 9.02. The molecule has 0 aliphatic rings. The van der Waals surface area contributed by atoms with E-state index in [1.54, 1.807) is 0 Å². The van der Waals surface area contributed by atoms with Gasteiger partial charge in [0.1, 0.15) is 0 Å². The Morgan fingerprint density at radius 2 is 0.700 bits per heavy atom. The topological polar surface area (TPSA) is 20.2 Å². The molecule has 20 heavy (non-hydrogen) atoms. The normalized spacial score (nSPS) is 10.5. The van der Waals surface area contributed by atoms with Gasteiger partial charge in [0.25, 0.3) is 0 Å². The van der Waals surface area contributed by atoms with Crippen LogP contribution in [0, 0.1) is 0 Å². The summed E-state index contributed by atoms with van der Waals surface area (Å²) in [5.41, 5.74) is 0. The van der Waals surface area contributed by atoms with Crippen LogP contribution in [0.3, 0.4) is 0 Å². The Hall–Kier alpha value is 0.583. The second-order valence-electron chi connectivity index (χ2n) is 6.03. The van der Waals surface area contributed by atoms with E-state index in [1.165, 1.54) is 96.3 Å². The van der Waals surface area contributed by atoms with Crippen LogP contribution < -0.4 is 0 Å². The van der Waals surface area contributed by atoms with E-state index in [0.29, 0.717) is 6.61 Å². The fraction of sp³-hybridized carbons (Fsp3) is 1.00. The van der Waals surface area contributed by atoms with Crippen LogP contribution in [0.2, 0.25) is 0 Å². The van der Waals surface area contributed by atoms with Crippen LogP contribution >= 0.6 is 0 Å². The van der Waals surface area contributed by atoms with Crippen molar-refractivity contribution in [3.05, 3.63) is 0 Å². The fourth-order valence-electron chi connectivity index (χ4n) is 2.66. The predicted molar refractivity (Wildman–Crippen MR) is 86.6 cm³/mol. The fourth-order valence-corrected chi connectivity index (χ4v) is 2.66. The summed E-state index contributed by atoms with van der Waals surface area (Å²) in [5.74, 6) is 0. The molecule has 0 radical (unpaired) electrons. The molecule has 0 fully saturated rings. The van der Waals surface area contributed by atoms with Crippen molar-refractivity contribution in [2.45, 2.75) is 110 Å². The van der Waals surface area contributed by atoms with Crippen LogP contribution in [0.5, 0.6) is 0 Å². The van der Waals surface area contributed by atoms with Gasteiger partial charge in [-0.2, -0.15) is 0 Å². The first-order valence-electron chi connectivity index (χ1n) is 9.02. The molecular weight excluding hydrogens is 298 g/mol. The van der Waals surface area contributed by atoms with Gasteiger partial charge in [0.2, 0.25) is 0 Å². The zero-order chi connectivity index (χ0) is 14.0. The van der Waals surface area contributed by atoms with Crippen molar-refractivity contribution >= 4 is 0 Å². The predicted octanol–water partition coefficient (Wildman–Crippen LogP) is 6.24. The molecule has 0 aromatic carbocycles. The minimum absolute atomic E-state index is 0. The van der Waals surface area contributed by atoms with Gasteiger partial charge in [0.15, 0.2) is 0 Å². The van der Waals surface area contributed by atoms with Crippen molar-refractivity contribution in [1.82, 2.24) is 0 Å². The first kappa shape index (κ1) is 22.9. The summed E-state index contributed by atoms with van der Waals surface area (Å²) in [7, 11) is 0. The molecular formula is C18H38OZn. The molecule has 0 amide bonds. The maximum Gasteiger partial charge on any atom is 0.0431 e. The monoisotopic (exact) mass is 334 g/mol. The van der Waals surface area contributed by atoms with Crippen molar-refractivity contribution in [2.75, 3.05) is 6.61 Å². The van der Waals surface area contributed by atoms with E-state index in [1.807, 2.05) is 0 Å². The summed E-state index contributed by atoms with van der Waals surface area (Å²) in [4.78, 5) is 0. The molecule has 0 unspecified atom stereocenters. The van der Waals surface area contributed by atoms with Gasteiger partial charge >= 0.3 is 0 Å². The summed E-state index contributed by atoms with van der Waals surface area (Å²) in [6, 6.07) is 0. The molecule has 0 aliphatic carbocycles. The summed E-state index contributed by atoms with van der Waals surface area (Å²) in [6.07, 6.45) is 22.2. The van der Waals surface area contributed by atoms with Crippen molar-refractivity contribution in [3.63, 3.8) is 0 Å². The van der Waals surface area contributed by atoms with Crippen LogP contribution in [0.15, 0.2) is 0 Å². The minimum atomic E-state index is 0.